The fraction of sp³-hybridized carbons (Fsp3) is 0.588. The van der Waals surface area contributed by atoms with Crippen molar-refractivity contribution in [2.45, 2.75) is 65.2 Å². The van der Waals surface area contributed by atoms with E-state index in [9.17, 15) is 4.79 Å². The maximum absolute atomic E-state index is 11.7. The molecule has 1 nitrogen and oxygen atoms in total. The first-order chi connectivity index (χ1) is 8.39. The van der Waals surface area contributed by atoms with Crippen LogP contribution in [0.15, 0.2) is 12.1 Å². The Labute approximate surface area is 111 Å². The minimum absolute atomic E-state index is 0.186. The summed E-state index contributed by atoms with van der Waals surface area (Å²) in [6.07, 6.45) is 3.67. The fourth-order valence-electron chi connectivity index (χ4n) is 3.23. The molecule has 1 aliphatic rings. The van der Waals surface area contributed by atoms with Gasteiger partial charge in [0.1, 0.15) is 0 Å². The predicted octanol–water partition coefficient (Wildman–Crippen LogP) is 4.76. The summed E-state index contributed by atoms with van der Waals surface area (Å²) in [5.74, 6) is 0.768. The van der Waals surface area contributed by atoms with Gasteiger partial charge in [-0.25, -0.2) is 0 Å². The third kappa shape index (κ3) is 2.00. The second-order valence-electron chi connectivity index (χ2n) is 6.16. The molecular weight excluding hydrogens is 220 g/mol. The zero-order valence-corrected chi connectivity index (χ0v) is 12.3. The Morgan fingerprint density at radius 1 is 1.44 bits per heavy atom. The molecule has 0 spiro atoms. The summed E-state index contributed by atoms with van der Waals surface area (Å²) in [5, 5.41) is 0. The van der Waals surface area contributed by atoms with Gasteiger partial charge in [0.15, 0.2) is 5.78 Å². The summed E-state index contributed by atoms with van der Waals surface area (Å²) in [6.45, 7) is 10.7. The molecular formula is C17H24O. The van der Waals surface area contributed by atoms with E-state index in [-0.39, 0.29) is 5.78 Å². The van der Waals surface area contributed by atoms with Gasteiger partial charge in [-0.05, 0) is 67.2 Å². The standard InChI is InChI=1S/C17H24O/c1-6-17(5)8-7-11(2)15-10-14(13(4)18)12(3)9-16(15)17/h9-11H,6-8H2,1-5H3/t11-,17+/m1/s1. The fourth-order valence-corrected chi connectivity index (χ4v) is 3.23. The highest BCUT2D eigenvalue weighted by molar-refractivity contribution is 5.95. The number of carbonyl (C=O) groups excluding carboxylic acids is 1. The van der Waals surface area contributed by atoms with Gasteiger partial charge in [-0.2, -0.15) is 0 Å². The second-order valence-corrected chi connectivity index (χ2v) is 6.16. The van der Waals surface area contributed by atoms with Crippen LogP contribution in [0.1, 0.15) is 79.9 Å². The first-order valence-corrected chi connectivity index (χ1v) is 7.05. The molecule has 0 amide bonds. The molecule has 0 unspecified atom stereocenters. The summed E-state index contributed by atoms with van der Waals surface area (Å²) in [7, 11) is 0. The molecule has 1 aromatic carbocycles. The average molecular weight is 244 g/mol. The Morgan fingerprint density at radius 2 is 2.11 bits per heavy atom. The normalized spacial score (nSPS) is 26.8. The average Bonchev–Trinajstić information content (AvgIpc) is 2.33. The molecule has 1 aromatic rings. The van der Waals surface area contributed by atoms with Crippen LogP contribution in [0.2, 0.25) is 0 Å². The van der Waals surface area contributed by atoms with Crippen molar-refractivity contribution in [2.24, 2.45) is 0 Å². The Bertz CT molecular complexity index is 487. The molecule has 18 heavy (non-hydrogen) atoms. The van der Waals surface area contributed by atoms with Gasteiger partial charge < -0.3 is 0 Å². The van der Waals surface area contributed by atoms with Gasteiger partial charge in [0.25, 0.3) is 0 Å². The lowest BCUT2D eigenvalue weighted by atomic mass is 9.66. The Hall–Kier alpha value is -1.11. The van der Waals surface area contributed by atoms with Gasteiger partial charge >= 0.3 is 0 Å². The minimum atomic E-state index is 0.186. The monoisotopic (exact) mass is 244 g/mol. The van der Waals surface area contributed by atoms with E-state index in [2.05, 4.69) is 39.8 Å². The van der Waals surface area contributed by atoms with Crippen LogP contribution in [0.25, 0.3) is 0 Å². The quantitative estimate of drug-likeness (QED) is 0.685. The van der Waals surface area contributed by atoms with Crippen LogP contribution in [0.5, 0.6) is 0 Å². The summed E-state index contributed by atoms with van der Waals surface area (Å²) in [6, 6.07) is 4.43. The SMILES string of the molecule is CC[C@@]1(C)CC[C@@H](C)c2cc(C(C)=O)c(C)cc21. The summed E-state index contributed by atoms with van der Waals surface area (Å²) in [5.41, 5.74) is 5.21. The summed E-state index contributed by atoms with van der Waals surface area (Å²) < 4.78 is 0. The van der Waals surface area contributed by atoms with Crippen LogP contribution in [0.4, 0.5) is 0 Å². The van der Waals surface area contributed by atoms with Gasteiger partial charge in [0, 0.05) is 5.56 Å². The molecule has 0 N–H and O–H groups in total. The van der Waals surface area contributed by atoms with Gasteiger partial charge in [0.05, 0.1) is 0 Å². The number of ketones is 1. The van der Waals surface area contributed by atoms with Crippen molar-refractivity contribution < 1.29 is 4.79 Å². The molecule has 2 atom stereocenters. The number of rotatable bonds is 2. The van der Waals surface area contributed by atoms with E-state index < -0.39 is 0 Å². The molecule has 1 heteroatoms. The first-order valence-electron chi connectivity index (χ1n) is 7.05. The number of fused-ring (bicyclic) bond motifs is 1. The number of hydrogen-bond acceptors (Lipinski definition) is 1. The number of Topliss-reactive ketones (excluding diaryl/α,β-unsaturated/α-hetero) is 1. The van der Waals surface area contributed by atoms with E-state index in [1.165, 1.54) is 30.4 Å². The highest BCUT2D eigenvalue weighted by Crippen LogP contribution is 2.45. The van der Waals surface area contributed by atoms with Crippen molar-refractivity contribution in [3.05, 3.63) is 34.4 Å². The van der Waals surface area contributed by atoms with E-state index in [1.54, 1.807) is 6.92 Å². The molecule has 0 bridgehead atoms. The number of aryl methyl sites for hydroxylation is 1. The summed E-state index contributed by atoms with van der Waals surface area (Å²) in [4.78, 5) is 11.7. The molecule has 0 radical (unpaired) electrons. The molecule has 2 rings (SSSR count). The smallest absolute Gasteiger partial charge is 0.160 e. The molecule has 0 aromatic heterocycles. The maximum atomic E-state index is 11.7. The van der Waals surface area contributed by atoms with E-state index in [0.29, 0.717) is 11.3 Å². The summed E-state index contributed by atoms with van der Waals surface area (Å²) >= 11 is 0. The number of benzene rings is 1. The lowest BCUT2D eigenvalue weighted by Crippen LogP contribution is -2.28. The van der Waals surface area contributed by atoms with Crippen molar-refractivity contribution in [3.8, 4) is 0 Å². The van der Waals surface area contributed by atoms with Gasteiger partial charge in [-0.3, -0.25) is 4.79 Å². The zero-order valence-electron chi connectivity index (χ0n) is 12.3. The minimum Gasteiger partial charge on any atom is -0.295 e. The topological polar surface area (TPSA) is 17.1 Å². The van der Waals surface area contributed by atoms with Crippen LogP contribution >= 0.6 is 0 Å². The van der Waals surface area contributed by atoms with E-state index in [1.807, 2.05) is 0 Å². The molecule has 0 saturated carbocycles. The molecule has 1 aliphatic carbocycles. The number of hydrogen-bond donors (Lipinski definition) is 0. The molecule has 0 heterocycles. The highest BCUT2D eigenvalue weighted by Gasteiger charge is 2.33. The molecule has 0 fully saturated rings. The lowest BCUT2D eigenvalue weighted by molar-refractivity contribution is 0.101. The second kappa shape index (κ2) is 4.53. The molecule has 0 saturated heterocycles. The largest absolute Gasteiger partial charge is 0.295 e. The first kappa shape index (κ1) is 13.3. The number of carbonyl (C=O) groups is 1. The third-order valence-electron chi connectivity index (χ3n) is 4.87. The van der Waals surface area contributed by atoms with Crippen LogP contribution in [0, 0.1) is 6.92 Å². The van der Waals surface area contributed by atoms with E-state index in [0.717, 1.165) is 11.1 Å². The highest BCUT2D eigenvalue weighted by atomic mass is 16.1. The predicted molar refractivity (Wildman–Crippen MR) is 76.5 cm³/mol. The van der Waals surface area contributed by atoms with Crippen LogP contribution in [0.3, 0.4) is 0 Å². The zero-order chi connectivity index (χ0) is 13.5. The van der Waals surface area contributed by atoms with E-state index in [4.69, 9.17) is 0 Å². The van der Waals surface area contributed by atoms with Crippen molar-refractivity contribution in [3.63, 3.8) is 0 Å². The van der Waals surface area contributed by atoms with Crippen LogP contribution in [-0.4, -0.2) is 5.78 Å². The Kier molecular flexibility index (Phi) is 3.35. The van der Waals surface area contributed by atoms with Crippen molar-refractivity contribution >= 4 is 5.78 Å². The van der Waals surface area contributed by atoms with Gasteiger partial charge in [-0.1, -0.05) is 26.8 Å². The molecule has 0 aliphatic heterocycles. The van der Waals surface area contributed by atoms with Gasteiger partial charge in [0.2, 0.25) is 0 Å². The molecule has 98 valence electrons. The van der Waals surface area contributed by atoms with Gasteiger partial charge in [-0.15, -0.1) is 0 Å². The third-order valence-corrected chi connectivity index (χ3v) is 4.87. The van der Waals surface area contributed by atoms with Crippen molar-refractivity contribution in [2.75, 3.05) is 0 Å². The lowest BCUT2D eigenvalue weighted by Gasteiger charge is -2.39. The van der Waals surface area contributed by atoms with Crippen LogP contribution < -0.4 is 0 Å². The van der Waals surface area contributed by atoms with E-state index >= 15 is 0 Å². The Balaban J connectivity index is 2.65. The Morgan fingerprint density at radius 3 is 2.67 bits per heavy atom. The van der Waals surface area contributed by atoms with Crippen molar-refractivity contribution in [1.29, 1.82) is 0 Å². The maximum Gasteiger partial charge on any atom is 0.160 e. The van der Waals surface area contributed by atoms with Crippen molar-refractivity contribution in [1.82, 2.24) is 0 Å². The van der Waals surface area contributed by atoms with Crippen LogP contribution in [-0.2, 0) is 5.41 Å².